The van der Waals surface area contributed by atoms with Crippen molar-refractivity contribution < 1.29 is 23.5 Å². The molecule has 4 unspecified atom stereocenters. The van der Waals surface area contributed by atoms with Crippen LogP contribution in [0.3, 0.4) is 0 Å². The molecule has 0 spiro atoms. The first-order chi connectivity index (χ1) is 12.4. The van der Waals surface area contributed by atoms with Crippen LogP contribution in [0.15, 0.2) is 24.3 Å². The number of halogens is 1. The third-order valence-corrected chi connectivity index (χ3v) is 5.94. The summed E-state index contributed by atoms with van der Waals surface area (Å²) in [5.41, 5.74) is -0.775. The molecule has 2 fully saturated rings. The Kier molecular flexibility index (Phi) is 5.07. The first-order valence-corrected chi connectivity index (χ1v) is 9.68. The fourth-order valence-electron chi connectivity index (χ4n) is 4.10. The van der Waals surface area contributed by atoms with Gasteiger partial charge in [0, 0.05) is 13.1 Å². The van der Waals surface area contributed by atoms with Gasteiger partial charge in [0.25, 0.3) is 0 Å². The number of benzene rings is 1. The first-order valence-electron chi connectivity index (χ1n) is 8.29. The molecular weight excluding hydrogens is 359 g/mol. The van der Waals surface area contributed by atoms with E-state index in [9.17, 15) is 18.8 Å². The Morgan fingerprint density at radius 1 is 1.38 bits per heavy atom. The molecule has 8 heteroatoms. The molecule has 1 aromatic rings. The molecule has 0 aliphatic carbocycles. The van der Waals surface area contributed by atoms with Gasteiger partial charge in [-0.3, -0.25) is 24.6 Å². The number of nitrogens with zero attached hydrogens (tertiary/aromatic N) is 1. The summed E-state index contributed by atoms with van der Waals surface area (Å²) in [4.78, 5) is 39.4. The average molecular weight is 380 g/mol. The lowest BCUT2D eigenvalue weighted by Crippen LogP contribution is -2.56. The first kappa shape index (κ1) is 18.8. The van der Waals surface area contributed by atoms with E-state index in [0.29, 0.717) is 17.7 Å². The normalized spacial score (nSPS) is 30.6. The summed E-state index contributed by atoms with van der Waals surface area (Å²) in [6, 6.07) is 5.23. The van der Waals surface area contributed by atoms with E-state index in [-0.39, 0.29) is 5.91 Å². The fraction of sp³-hybridized carbons (Fsp3) is 0.500. The Morgan fingerprint density at radius 3 is 2.73 bits per heavy atom. The maximum absolute atomic E-state index is 13.7. The lowest BCUT2D eigenvalue weighted by atomic mass is 9.78. The lowest BCUT2D eigenvalue weighted by molar-refractivity contribution is -0.154. The van der Waals surface area contributed by atoms with Crippen molar-refractivity contribution in [2.45, 2.75) is 18.0 Å². The average Bonchev–Trinajstić information content (AvgIpc) is 3.10. The van der Waals surface area contributed by atoms with Gasteiger partial charge in [-0.2, -0.15) is 11.8 Å². The van der Waals surface area contributed by atoms with Gasteiger partial charge in [-0.1, -0.05) is 12.1 Å². The predicted molar refractivity (Wildman–Crippen MR) is 94.8 cm³/mol. The van der Waals surface area contributed by atoms with Crippen molar-refractivity contribution >= 4 is 29.5 Å². The van der Waals surface area contributed by atoms with Crippen molar-refractivity contribution in [2.24, 2.45) is 11.8 Å². The Balaban J connectivity index is 2.13. The Hall–Kier alpha value is -1.93. The third kappa shape index (κ3) is 2.72. The van der Waals surface area contributed by atoms with Crippen LogP contribution in [0.4, 0.5) is 4.39 Å². The molecule has 0 saturated carbocycles. The maximum Gasteiger partial charge on any atom is 0.326 e. The Bertz CT molecular complexity index is 758. The van der Waals surface area contributed by atoms with Gasteiger partial charge in [-0.25, -0.2) is 4.39 Å². The third-order valence-electron chi connectivity index (χ3n) is 5.33. The van der Waals surface area contributed by atoms with Crippen molar-refractivity contribution in [3.05, 3.63) is 35.6 Å². The second kappa shape index (κ2) is 7.00. The monoisotopic (exact) mass is 380 g/mol. The molecule has 4 atom stereocenters. The number of thioether (sulfide) groups is 1. The lowest BCUT2D eigenvalue weighted by Gasteiger charge is -2.32. The zero-order valence-electron chi connectivity index (χ0n) is 14.8. The predicted octanol–water partition coefficient (Wildman–Crippen LogP) is 1.37. The van der Waals surface area contributed by atoms with E-state index in [1.165, 1.54) is 38.1 Å². The highest BCUT2D eigenvalue weighted by atomic mass is 32.2. The summed E-state index contributed by atoms with van der Waals surface area (Å²) in [6.45, 7) is 0. The molecule has 0 aromatic heterocycles. The van der Waals surface area contributed by atoms with E-state index in [2.05, 4.69) is 5.32 Å². The number of esters is 1. The number of methoxy groups -OCH3 is 1. The number of carbonyl (C=O) groups is 3. The smallest absolute Gasteiger partial charge is 0.326 e. The Morgan fingerprint density at radius 2 is 2.12 bits per heavy atom. The number of hydrogen-bond acceptors (Lipinski definition) is 6. The molecule has 140 valence electrons. The van der Waals surface area contributed by atoms with Crippen molar-refractivity contribution in [3.63, 3.8) is 0 Å². The van der Waals surface area contributed by atoms with Crippen LogP contribution in [0.25, 0.3) is 0 Å². The van der Waals surface area contributed by atoms with Crippen LogP contribution in [0, 0.1) is 17.7 Å². The maximum atomic E-state index is 13.7. The highest BCUT2D eigenvalue weighted by Crippen LogP contribution is 2.50. The second-order valence-corrected chi connectivity index (χ2v) is 7.61. The minimum Gasteiger partial charge on any atom is -0.468 e. The van der Waals surface area contributed by atoms with Gasteiger partial charge in [-0.15, -0.1) is 0 Å². The molecule has 6 nitrogen and oxygen atoms in total. The van der Waals surface area contributed by atoms with Crippen molar-refractivity contribution in [2.75, 3.05) is 26.2 Å². The molecule has 1 N–H and O–H groups in total. The Labute approximate surface area is 155 Å². The largest absolute Gasteiger partial charge is 0.468 e. The molecule has 3 rings (SSSR count). The number of rotatable bonds is 5. The van der Waals surface area contributed by atoms with Gasteiger partial charge in [0.05, 0.1) is 18.9 Å². The van der Waals surface area contributed by atoms with Crippen molar-refractivity contribution in [1.82, 2.24) is 10.2 Å². The quantitative estimate of drug-likeness (QED) is 0.614. The number of likely N-dealkylation sites (tertiary alicyclic amines) is 1. The van der Waals surface area contributed by atoms with E-state index in [0.717, 1.165) is 4.90 Å². The molecule has 2 aliphatic heterocycles. The highest BCUT2D eigenvalue weighted by molar-refractivity contribution is 7.98. The number of ether oxygens (including phenoxy) is 1. The number of amides is 2. The van der Waals surface area contributed by atoms with Gasteiger partial charge in [0.1, 0.15) is 11.4 Å². The molecule has 0 bridgehead atoms. The minimum atomic E-state index is -1.31. The van der Waals surface area contributed by atoms with E-state index in [1.807, 2.05) is 6.26 Å². The van der Waals surface area contributed by atoms with Gasteiger partial charge >= 0.3 is 5.97 Å². The SMILES string of the molecule is COC(=O)C1(CCSC)NC(c2cccc(F)c2)C2C(=O)N(C)C(=O)C21. The molecule has 2 amide bonds. The molecule has 2 saturated heterocycles. The van der Waals surface area contributed by atoms with E-state index < -0.39 is 41.1 Å². The number of nitrogens with one attached hydrogen (secondary N) is 1. The van der Waals surface area contributed by atoms with E-state index >= 15 is 0 Å². The molecule has 0 radical (unpaired) electrons. The fourth-order valence-corrected chi connectivity index (χ4v) is 4.62. The number of carbonyl (C=O) groups excluding carboxylic acids is 3. The molecule has 2 heterocycles. The van der Waals surface area contributed by atoms with E-state index in [1.54, 1.807) is 12.1 Å². The van der Waals surface area contributed by atoms with Gasteiger partial charge in [0.2, 0.25) is 11.8 Å². The number of imide groups is 1. The molecular formula is C18H21FN2O4S. The van der Waals surface area contributed by atoms with Crippen LogP contribution in [-0.2, 0) is 19.1 Å². The summed E-state index contributed by atoms with van der Waals surface area (Å²) in [6.07, 6.45) is 2.23. The standard InChI is InChI=1S/C18H21FN2O4S/c1-21-15(22)12-13(16(21)23)18(7-8-26-3,17(24)25-2)20-14(12)10-5-4-6-11(19)9-10/h4-6,9,12-14,20H,7-8H2,1-3H3. The summed E-state index contributed by atoms with van der Waals surface area (Å²) in [5, 5.41) is 3.19. The highest BCUT2D eigenvalue weighted by Gasteiger charge is 2.67. The van der Waals surface area contributed by atoms with Crippen LogP contribution in [0.5, 0.6) is 0 Å². The summed E-state index contributed by atoms with van der Waals surface area (Å²) in [5.74, 6) is -2.81. The second-order valence-electron chi connectivity index (χ2n) is 6.62. The summed E-state index contributed by atoms with van der Waals surface area (Å²) < 4.78 is 18.8. The van der Waals surface area contributed by atoms with Gasteiger partial charge in [-0.05, 0) is 36.1 Å². The van der Waals surface area contributed by atoms with Crippen LogP contribution < -0.4 is 5.32 Å². The number of hydrogen-bond donors (Lipinski definition) is 1. The molecule has 2 aliphatic rings. The van der Waals surface area contributed by atoms with Crippen LogP contribution in [0.1, 0.15) is 18.0 Å². The molecule has 1 aromatic carbocycles. The van der Waals surface area contributed by atoms with Gasteiger partial charge in [0.15, 0.2) is 0 Å². The zero-order valence-corrected chi connectivity index (χ0v) is 15.6. The van der Waals surface area contributed by atoms with Crippen LogP contribution in [0.2, 0.25) is 0 Å². The van der Waals surface area contributed by atoms with Crippen molar-refractivity contribution in [1.29, 1.82) is 0 Å². The van der Waals surface area contributed by atoms with Crippen LogP contribution in [-0.4, -0.2) is 54.4 Å². The van der Waals surface area contributed by atoms with Crippen molar-refractivity contribution in [3.8, 4) is 0 Å². The van der Waals surface area contributed by atoms with E-state index in [4.69, 9.17) is 4.74 Å². The van der Waals surface area contributed by atoms with Crippen LogP contribution >= 0.6 is 11.8 Å². The topological polar surface area (TPSA) is 75.7 Å². The number of fused-ring (bicyclic) bond motifs is 1. The minimum absolute atomic E-state index is 0.334. The summed E-state index contributed by atoms with van der Waals surface area (Å²) in [7, 11) is 2.68. The zero-order chi connectivity index (χ0) is 19.1. The van der Waals surface area contributed by atoms with Gasteiger partial charge < -0.3 is 4.74 Å². The molecule has 26 heavy (non-hydrogen) atoms. The summed E-state index contributed by atoms with van der Waals surface area (Å²) >= 11 is 1.53.